The predicted molar refractivity (Wildman–Crippen MR) is 140 cm³/mol. The number of nitrogens with zero attached hydrogens (tertiary/aromatic N) is 3. The minimum atomic E-state index is -0.348. The van der Waals surface area contributed by atoms with E-state index in [0.717, 1.165) is 10.6 Å². The highest BCUT2D eigenvalue weighted by Gasteiger charge is 2.24. The molecule has 34 heavy (non-hydrogen) atoms. The van der Waals surface area contributed by atoms with E-state index in [0.29, 0.717) is 33.9 Å². The number of halogens is 1. The van der Waals surface area contributed by atoms with Crippen LogP contribution in [-0.4, -0.2) is 38.6 Å². The van der Waals surface area contributed by atoms with Crippen molar-refractivity contribution in [2.45, 2.75) is 36.4 Å². The van der Waals surface area contributed by atoms with Crippen LogP contribution in [0.2, 0.25) is 5.02 Å². The Bertz CT molecular complexity index is 1150. The molecule has 2 aromatic carbocycles. The minimum absolute atomic E-state index is 0.126. The number of carbonyl (C=O) groups is 2. The van der Waals surface area contributed by atoms with Crippen molar-refractivity contribution in [3.8, 4) is 0 Å². The Hall–Kier alpha value is -2.49. The van der Waals surface area contributed by atoms with Crippen LogP contribution in [0.3, 0.4) is 0 Å². The van der Waals surface area contributed by atoms with Gasteiger partial charge in [0.2, 0.25) is 5.91 Å². The summed E-state index contributed by atoms with van der Waals surface area (Å²) in [5.41, 5.74) is 1.17. The number of amides is 2. The van der Waals surface area contributed by atoms with Crippen LogP contribution in [-0.2, 0) is 11.8 Å². The molecule has 1 heterocycles. The summed E-state index contributed by atoms with van der Waals surface area (Å²) in [6.07, 6.45) is 2.67. The Morgan fingerprint density at radius 1 is 1.12 bits per heavy atom. The molecule has 10 heteroatoms. The molecule has 0 fully saturated rings. The Labute approximate surface area is 213 Å². The third-order valence-electron chi connectivity index (χ3n) is 5.00. The molecule has 0 spiro atoms. The van der Waals surface area contributed by atoms with Gasteiger partial charge in [0.25, 0.3) is 5.91 Å². The predicted octanol–water partition coefficient (Wildman–Crippen LogP) is 5.44. The van der Waals surface area contributed by atoms with Gasteiger partial charge in [0, 0.05) is 17.6 Å². The fourth-order valence-corrected chi connectivity index (χ4v) is 4.76. The van der Waals surface area contributed by atoms with Gasteiger partial charge in [-0.25, -0.2) is 0 Å². The maximum absolute atomic E-state index is 12.9. The van der Waals surface area contributed by atoms with Crippen molar-refractivity contribution in [2.75, 3.05) is 17.3 Å². The van der Waals surface area contributed by atoms with Crippen molar-refractivity contribution in [1.29, 1.82) is 0 Å². The number of hydrogen-bond acceptors (Lipinski definition) is 6. The smallest absolute Gasteiger partial charge is 0.253 e. The molecule has 3 rings (SSSR count). The van der Waals surface area contributed by atoms with Crippen LogP contribution < -0.4 is 10.6 Å². The van der Waals surface area contributed by atoms with Crippen LogP contribution >= 0.6 is 35.1 Å². The number of anilines is 1. The molecule has 0 aliphatic carbocycles. The standard InChI is InChI=1S/C24H28ClN5O2S2/c1-15(2)12-20(27-23(32)18-10-5-6-11-19(18)25)22-28-29-24(30(22)3)34-14-21(31)26-16-8-7-9-17(13-16)33-4/h5-11,13,15,20H,12,14H2,1-4H3,(H,26,31)(H,27,32)/t20-/m0/s1. The van der Waals surface area contributed by atoms with Gasteiger partial charge in [-0.2, -0.15) is 0 Å². The second-order valence-electron chi connectivity index (χ2n) is 8.10. The van der Waals surface area contributed by atoms with Crippen LogP contribution in [0.1, 0.15) is 42.5 Å². The van der Waals surface area contributed by atoms with E-state index in [2.05, 4.69) is 34.7 Å². The molecule has 3 aromatic rings. The normalized spacial score (nSPS) is 11.9. The van der Waals surface area contributed by atoms with Crippen LogP contribution in [0.4, 0.5) is 5.69 Å². The average Bonchev–Trinajstić information content (AvgIpc) is 3.17. The van der Waals surface area contributed by atoms with Gasteiger partial charge >= 0.3 is 0 Å². The highest BCUT2D eigenvalue weighted by molar-refractivity contribution is 7.99. The van der Waals surface area contributed by atoms with Gasteiger partial charge in [0.1, 0.15) is 0 Å². The molecule has 0 radical (unpaired) electrons. The van der Waals surface area contributed by atoms with Gasteiger partial charge < -0.3 is 15.2 Å². The first-order chi connectivity index (χ1) is 16.3. The van der Waals surface area contributed by atoms with Crippen molar-refractivity contribution >= 4 is 52.6 Å². The summed E-state index contributed by atoms with van der Waals surface area (Å²) in [5, 5.41) is 15.6. The molecular weight excluding hydrogens is 490 g/mol. The first-order valence-corrected chi connectivity index (χ1v) is 13.4. The fourth-order valence-electron chi connectivity index (χ4n) is 3.36. The molecular formula is C24H28ClN5O2S2. The molecule has 0 bridgehead atoms. The number of rotatable bonds is 10. The molecule has 1 aromatic heterocycles. The van der Waals surface area contributed by atoms with E-state index in [-0.39, 0.29) is 23.6 Å². The van der Waals surface area contributed by atoms with Crippen LogP contribution in [0, 0.1) is 5.92 Å². The third kappa shape index (κ3) is 7.01. The molecule has 0 unspecified atom stereocenters. The van der Waals surface area contributed by atoms with Crippen LogP contribution in [0.5, 0.6) is 0 Å². The Morgan fingerprint density at radius 2 is 1.88 bits per heavy atom. The quantitative estimate of drug-likeness (QED) is 0.348. The fraction of sp³-hybridized carbons (Fsp3) is 0.333. The minimum Gasteiger partial charge on any atom is -0.342 e. The van der Waals surface area contributed by atoms with Gasteiger partial charge in [-0.05, 0) is 48.9 Å². The summed E-state index contributed by atoms with van der Waals surface area (Å²) in [6.45, 7) is 4.16. The molecule has 1 atom stereocenters. The summed E-state index contributed by atoms with van der Waals surface area (Å²) < 4.78 is 1.83. The zero-order chi connectivity index (χ0) is 24.7. The van der Waals surface area contributed by atoms with Gasteiger partial charge in [-0.1, -0.05) is 55.4 Å². The van der Waals surface area contributed by atoms with Gasteiger partial charge in [0.15, 0.2) is 11.0 Å². The molecule has 180 valence electrons. The van der Waals surface area contributed by atoms with E-state index in [9.17, 15) is 9.59 Å². The Kier molecular flexibility index (Phi) is 9.44. The number of carbonyl (C=O) groups excluding carboxylic acids is 2. The van der Waals surface area contributed by atoms with E-state index in [1.54, 1.807) is 36.0 Å². The SMILES string of the molecule is CSc1cccc(NC(=O)CSc2nnc([C@H](CC(C)C)NC(=O)c3ccccc3Cl)n2C)c1. The topological polar surface area (TPSA) is 88.9 Å². The number of thioether (sulfide) groups is 2. The van der Waals surface area contributed by atoms with Crippen molar-refractivity contribution < 1.29 is 9.59 Å². The zero-order valence-electron chi connectivity index (χ0n) is 19.5. The lowest BCUT2D eigenvalue weighted by atomic mass is 10.0. The molecule has 0 aliphatic rings. The summed E-state index contributed by atoms with van der Waals surface area (Å²) in [7, 11) is 1.84. The van der Waals surface area contributed by atoms with Crippen molar-refractivity contribution in [2.24, 2.45) is 13.0 Å². The van der Waals surface area contributed by atoms with Gasteiger partial charge in [0.05, 0.1) is 22.4 Å². The third-order valence-corrected chi connectivity index (χ3v) is 7.07. The lowest BCUT2D eigenvalue weighted by molar-refractivity contribution is -0.113. The van der Waals surface area contributed by atoms with Crippen LogP contribution in [0.15, 0.2) is 58.6 Å². The van der Waals surface area contributed by atoms with Gasteiger partial charge in [-0.15, -0.1) is 22.0 Å². The average molecular weight is 518 g/mol. The Morgan fingerprint density at radius 3 is 2.59 bits per heavy atom. The molecule has 7 nitrogen and oxygen atoms in total. The lowest BCUT2D eigenvalue weighted by Gasteiger charge is -2.20. The van der Waals surface area contributed by atoms with Crippen LogP contribution in [0.25, 0.3) is 0 Å². The second-order valence-corrected chi connectivity index (χ2v) is 10.3. The largest absolute Gasteiger partial charge is 0.342 e. The summed E-state index contributed by atoms with van der Waals surface area (Å²) in [4.78, 5) is 26.4. The number of nitrogens with one attached hydrogen (secondary N) is 2. The second kappa shape index (κ2) is 12.3. The number of hydrogen-bond donors (Lipinski definition) is 2. The van der Waals surface area contributed by atoms with Crippen molar-refractivity contribution in [1.82, 2.24) is 20.1 Å². The maximum atomic E-state index is 12.9. The summed E-state index contributed by atoms with van der Waals surface area (Å²) in [6, 6.07) is 14.3. The maximum Gasteiger partial charge on any atom is 0.253 e. The van der Waals surface area contributed by atoms with Crippen molar-refractivity contribution in [3.63, 3.8) is 0 Å². The van der Waals surface area contributed by atoms with Gasteiger partial charge in [-0.3, -0.25) is 9.59 Å². The van der Waals surface area contributed by atoms with E-state index >= 15 is 0 Å². The lowest BCUT2D eigenvalue weighted by Crippen LogP contribution is -2.31. The van der Waals surface area contributed by atoms with E-state index < -0.39 is 0 Å². The monoisotopic (exact) mass is 517 g/mol. The van der Waals surface area contributed by atoms with Crippen molar-refractivity contribution in [3.05, 3.63) is 64.9 Å². The van der Waals surface area contributed by atoms with E-state index in [1.807, 2.05) is 42.1 Å². The molecule has 2 N–H and O–H groups in total. The summed E-state index contributed by atoms with van der Waals surface area (Å²) >= 11 is 9.12. The summed E-state index contributed by atoms with van der Waals surface area (Å²) in [5.74, 6) is 0.742. The molecule has 0 saturated heterocycles. The van der Waals surface area contributed by atoms with E-state index in [4.69, 9.17) is 11.6 Å². The molecule has 0 saturated carbocycles. The highest BCUT2D eigenvalue weighted by atomic mass is 35.5. The molecule has 0 aliphatic heterocycles. The zero-order valence-corrected chi connectivity index (χ0v) is 21.9. The number of aromatic nitrogens is 3. The number of benzene rings is 2. The molecule has 2 amide bonds. The first-order valence-electron chi connectivity index (χ1n) is 10.8. The first kappa shape index (κ1) is 26.1. The van der Waals surface area contributed by atoms with E-state index in [1.165, 1.54) is 11.8 Å². The highest BCUT2D eigenvalue weighted by Crippen LogP contribution is 2.25. The Balaban J connectivity index is 1.68.